The monoisotopic (exact) mass is 419 g/mol. The molecule has 0 bridgehead atoms. The number of nitrogens with one attached hydrogen (secondary N) is 1. The molecule has 0 spiro atoms. The summed E-state index contributed by atoms with van der Waals surface area (Å²) in [5.41, 5.74) is 4.20. The Kier molecular flexibility index (Phi) is 6.03. The number of carbonyl (C=O) groups excluding carboxylic acids is 2. The van der Waals surface area contributed by atoms with Crippen LogP contribution in [0.2, 0.25) is 0 Å². The highest BCUT2D eigenvalue weighted by molar-refractivity contribution is 6.06. The van der Waals surface area contributed by atoms with Crippen LogP contribution in [-0.2, 0) is 5.41 Å². The van der Waals surface area contributed by atoms with Gasteiger partial charge in [0.05, 0.1) is 5.56 Å². The normalized spacial score (nSPS) is 16.6. The van der Waals surface area contributed by atoms with Crippen LogP contribution in [0.4, 0.5) is 11.4 Å². The van der Waals surface area contributed by atoms with E-state index in [2.05, 4.69) is 31.0 Å². The molecule has 0 radical (unpaired) electrons. The van der Waals surface area contributed by atoms with Crippen molar-refractivity contribution in [3.05, 3.63) is 59.2 Å². The smallest absolute Gasteiger partial charge is 0.256 e. The van der Waals surface area contributed by atoms with E-state index in [4.69, 9.17) is 0 Å². The maximum absolute atomic E-state index is 13.3. The summed E-state index contributed by atoms with van der Waals surface area (Å²) in [6.45, 7) is 10.1. The first kappa shape index (κ1) is 21.4. The van der Waals surface area contributed by atoms with Crippen LogP contribution in [0.1, 0.15) is 72.7 Å². The van der Waals surface area contributed by atoms with Crippen LogP contribution in [0.15, 0.2) is 42.5 Å². The predicted molar refractivity (Wildman–Crippen MR) is 126 cm³/mol. The van der Waals surface area contributed by atoms with Gasteiger partial charge in [0, 0.05) is 43.1 Å². The van der Waals surface area contributed by atoms with Gasteiger partial charge in [-0.15, -0.1) is 0 Å². The van der Waals surface area contributed by atoms with Gasteiger partial charge >= 0.3 is 0 Å². The first-order valence-corrected chi connectivity index (χ1v) is 11.4. The van der Waals surface area contributed by atoms with Crippen LogP contribution in [-0.4, -0.2) is 42.9 Å². The number of amides is 2. The molecule has 2 aromatic carbocycles. The molecule has 2 aliphatic heterocycles. The number of hydrogen-bond acceptors (Lipinski definition) is 3. The van der Waals surface area contributed by atoms with E-state index in [0.717, 1.165) is 57.5 Å². The van der Waals surface area contributed by atoms with Crippen molar-refractivity contribution in [3.63, 3.8) is 0 Å². The van der Waals surface area contributed by atoms with E-state index in [1.165, 1.54) is 5.56 Å². The minimum absolute atomic E-state index is 0.0469. The molecule has 2 amide bonds. The molecule has 164 valence electrons. The van der Waals surface area contributed by atoms with E-state index >= 15 is 0 Å². The lowest BCUT2D eigenvalue weighted by atomic mass is 9.87. The lowest BCUT2D eigenvalue weighted by Crippen LogP contribution is -2.30. The van der Waals surface area contributed by atoms with Gasteiger partial charge in [-0.1, -0.05) is 32.9 Å². The zero-order valence-electron chi connectivity index (χ0n) is 18.9. The summed E-state index contributed by atoms with van der Waals surface area (Å²) in [5.74, 6) is -0.0843. The minimum atomic E-state index is -0.158. The molecule has 31 heavy (non-hydrogen) atoms. The van der Waals surface area contributed by atoms with Crippen molar-refractivity contribution in [1.29, 1.82) is 0 Å². The Balaban J connectivity index is 1.57. The molecule has 2 aliphatic rings. The molecule has 0 atom stereocenters. The maximum Gasteiger partial charge on any atom is 0.256 e. The van der Waals surface area contributed by atoms with E-state index in [9.17, 15) is 9.59 Å². The van der Waals surface area contributed by atoms with E-state index in [-0.39, 0.29) is 17.2 Å². The Hall–Kier alpha value is -2.82. The van der Waals surface area contributed by atoms with Gasteiger partial charge in [0.15, 0.2) is 0 Å². The third-order valence-corrected chi connectivity index (χ3v) is 6.34. The Morgan fingerprint density at radius 2 is 1.45 bits per heavy atom. The fourth-order valence-electron chi connectivity index (χ4n) is 4.43. The lowest BCUT2D eigenvalue weighted by molar-refractivity contribution is 0.0793. The number of likely N-dealkylation sites (tertiary alicyclic amines) is 1. The topological polar surface area (TPSA) is 52.7 Å². The first-order chi connectivity index (χ1) is 14.8. The molecule has 2 saturated heterocycles. The highest BCUT2D eigenvalue weighted by Gasteiger charge is 2.26. The standard InChI is InChI=1S/C26H33N3O2/c1-26(2,3)20-10-8-19(9-11-20)24(30)27-21-12-13-23(28-14-4-5-15-28)22(18-21)25(31)29-16-6-7-17-29/h8-13,18H,4-7,14-17H2,1-3H3,(H,27,30). The van der Waals surface area contributed by atoms with Crippen molar-refractivity contribution in [1.82, 2.24) is 4.90 Å². The number of benzene rings is 2. The van der Waals surface area contributed by atoms with Gasteiger partial charge in [-0.05, 0) is 67.0 Å². The summed E-state index contributed by atoms with van der Waals surface area (Å²) in [6.07, 6.45) is 4.43. The summed E-state index contributed by atoms with van der Waals surface area (Å²) in [6, 6.07) is 13.5. The summed E-state index contributed by atoms with van der Waals surface area (Å²) in [4.78, 5) is 30.3. The zero-order valence-corrected chi connectivity index (χ0v) is 18.9. The maximum atomic E-state index is 13.3. The SMILES string of the molecule is CC(C)(C)c1ccc(C(=O)Nc2ccc(N3CCCC3)c(C(=O)N3CCCC3)c2)cc1. The fraction of sp³-hybridized carbons (Fsp3) is 0.462. The number of rotatable bonds is 4. The minimum Gasteiger partial charge on any atom is -0.371 e. The fourth-order valence-corrected chi connectivity index (χ4v) is 4.43. The van der Waals surface area contributed by atoms with Gasteiger partial charge in [-0.2, -0.15) is 0 Å². The first-order valence-electron chi connectivity index (χ1n) is 11.4. The van der Waals surface area contributed by atoms with Gasteiger partial charge in [-0.3, -0.25) is 9.59 Å². The van der Waals surface area contributed by atoms with Gasteiger partial charge in [0.2, 0.25) is 0 Å². The van der Waals surface area contributed by atoms with Crippen molar-refractivity contribution < 1.29 is 9.59 Å². The Morgan fingerprint density at radius 1 is 0.839 bits per heavy atom. The second-order valence-corrected chi connectivity index (χ2v) is 9.71. The zero-order chi connectivity index (χ0) is 22.0. The molecular weight excluding hydrogens is 386 g/mol. The van der Waals surface area contributed by atoms with E-state index in [1.807, 2.05) is 47.4 Å². The number of hydrogen-bond donors (Lipinski definition) is 1. The van der Waals surface area contributed by atoms with Crippen LogP contribution in [0, 0.1) is 0 Å². The molecule has 5 nitrogen and oxygen atoms in total. The molecule has 0 saturated carbocycles. The van der Waals surface area contributed by atoms with Crippen molar-refractivity contribution >= 4 is 23.2 Å². The molecule has 2 heterocycles. The third kappa shape index (κ3) is 4.76. The molecule has 0 unspecified atom stereocenters. The van der Waals surface area contributed by atoms with Crippen LogP contribution >= 0.6 is 0 Å². The molecule has 1 N–H and O–H groups in total. The summed E-state index contributed by atoms with van der Waals surface area (Å²) >= 11 is 0. The Bertz CT molecular complexity index is 948. The molecule has 4 rings (SSSR count). The van der Waals surface area contributed by atoms with Crippen LogP contribution in [0.3, 0.4) is 0 Å². The van der Waals surface area contributed by atoms with Gasteiger partial charge < -0.3 is 15.1 Å². The quantitative estimate of drug-likeness (QED) is 0.752. The lowest BCUT2D eigenvalue weighted by Gasteiger charge is -2.24. The van der Waals surface area contributed by atoms with Crippen LogP contribution in [0.25, 0.3) is 0 Å². The average Bonchev–Trinajstić information content (AvgIpc) is 3.47. The number of nitrogens with zero attached hydrogens (tertiary/aromatic N) is 2. The summed E-state index contributed by atoms with van der Waals surface area (Å²) in [7, 11) is 0. The largest absolute Gasteiger partial charge is 0.371 e. The molecule has 0 aromatic heterocycles. The highest BCUT2D eigenvalue weighted by atomic mass is 16.2. The van der Waals surface area contributed by atoms with Gasteiger partial charge in [-0.25, -0.2) is 0 Å². The second-order valence-electron chi connectivity index (χ2n) is 9.71. The second kappa shape index (κ2) is 8.74. The van der Waals surface area contributed by atoms with E-state index in [1.54, 1.807) is 0 Å². The van der Waals surface area contributed by atoms with Crippen molar-refractivity contribution in [2.24, 2.45) is 0 Å². The van der Waals surface area contributed by atoms with Gasteiger partial charge in [0.1, 0.15) is 0 Å². The van der Waals surface area contributed by atoms with Crippen molar-refractivity contribution in [3.8, 4) is 0 Å². The van der Waals surface area contributed by atoms with Crippen molar-refractivity contribution in [2.45, 2.75) is 51.9 Å². The number of carbonyl (C=O) groups is 2. The highest BCUT2D eigenvalue weighted by Crippen LogP contribution is 2.30. The Labute approximate surface area is 185 Å². The molecule has 2 fully saturated rings. The molecule has 5 heteroatoms. The summed E-state index contributed by atoms with van der Waals surface area (Å²) < 4.78 is 0. The summed E-state index contributed by atoms with van der Waals surface area (Å²) in [5, 5.41) is 2.99. The molecule has 2 aromatic rings. The van der Waals surface area contributed by atoms with Crippen molar-refractivity contribution in [2.75, 3.05) is 36.4 Å². The predicted octanol–water partition coefficient (Wildman–Crippen LogP) is 5.07. The van der Waals surface area contributed by atoms with E-state index < -0.39 is 0 Å². The van der Waals surface area contributed by atoms with Crippen LogP contribution < -0.4 is 10.2 Å². The van der Waals surface area contributed by atoms with Gasteiger partial charge in [0.25, 0.3) is 11.8 Å². The molecular formula is C26H33N3O2. The average molecular weight is 420 g/mol. The Morgan fingerprint density at radius 3 is 2.06 bits per heavy atom. The third-order valence-electron chi connectivity index (χ3n) is 6.34. The number of anilines is 2. The van der Waals surface area contributed by atoms with E-state index in [0.29, 0.717) is 16.8 Å². The van der Waals surface area contributed by atoms with Crippen LogP contribution in [0.5, 0.6) is 0 Å². The molecule has 0 aliphatic carbocycles.